The Bertz CT molecular complexity index is 537. The van der Waals surface area contributed by atoms with Gasteiger partial charge in [-0.1, -0.05) is 12.1 Å². The molecule has 0 aromatic heterocycles. The topological polar surface area (TPSA) is 32.8 Å². The molecule has 0 N–H and O–H groups in total. The van der Waals surface area contributed by atoms with Crippen LogP contribution in [0.4, 0.5) is 9.18 Å². The Morgan fingerprint density at radius 3 is 2.50 bits per heavy atom. The number of halogens is 2. The first-order chi connectivity index (χ1) is 10.3. The zero-order chi connectivity index (χ0) is 16.3. The van der Waals surface area contributed by atoms with Gasteiger partial charge in [-0.2, -0.15) is 0 Å². The summed E-state index contributed by atoms with van der Waals surface area (Å²) in [6.07, 6.45) is -0.277. The summed E-state index contributed by atoms with van der Waals surface area (Å²) in [5.74, 6) is -0.211. The van der Waals surface area contributed by atoms with Crippen molar-refractivity contribution in [2.45, 2.75) is 32.9 Å². The quantitative estimate of drug-likeness (QED) is 0.794. The summed E-state index contributed by atoms with van der Waals surface area (Å²) in [6.45, 7) is 8.75. The Morgan fingerprint density at radius 1 is 1.27 bits per heavy atom. The molecule has 1 amide bonds. The molecule has 0 radical (unpaired) electrons. The van der Waals surface area contributed by atoms with Crippen molar-refractivity contribution in [2.75, 3.05) is 26.2 Å². The van der Waals surface area contributed by atoms with E-state index in [0.717, 1.165) is 0 Å². The van der Waals surface area contributed by atoms with Crippen LogP contribution in [-0.2, 0) is 11.3 Å². The van der Waals surface area contributed by atoms with Crippen LogP contribution in [0.25, 0.3) is 0 Å². The minimum atomic E-state index is -0.479. The SMILES string of the molecule is CC(C)(C)OC(=O)N1CCN(Cc2cccc(Br)c2F)CC1. The molecule has 0 atom stereocenters. The third-order valence-electron chi connectivity index (χ3n) is 3.45. The number of amides is 1. The molecule has 22 heavy (non-hydrogen) atoms. The fraction of sp³-hybridized carbons (Fsp3) is 0.562. The van der Waals surface area contributed by atoms with E-state index < -0.39 is 5.60 Å². The van der Waals surface area contributed by atoms with Crippen LogP contribution >= 0.6 is 15.9 Å². The van der Waals surface area contributed by atoms with Crippen molar-refractivity contribution in [2.24, 2.45) is 0 Å². The lowest BCUT2D eigenvalue weighted by atomic mass is 10.2. The van der Waals surface area contributed by atoms with Gasteiger partial charge in [-0.15, -0.1) is 0 Å². The molecule has 6 heteroatoms. The second-order valence-corrected chi connectivity index (χ2v) is 7.31. The third kappa shape index (κ3) is 4.68. The van der Waals surface area contributed by atoms with E-state index in [4.69, 9.17) is 4.74 Å². The van der Waals surface area contributed by atoms with Crippen LogP contribution in [0, 0.1) is 5.82 Å². The Balaban J connectivity index is 1.87. The second-order valence-electron chi connectivity index (χ2n) is 6.46. The third-order valence-corrected chi connectivity index (χ3v) is 4.06. The molecule has 0 spiro atoms. The average Bonchev–Trinajstić information content (AvgIpc) is 2.43. The van der Waals surface area contributed by atoms with E-state index in [1.165, 1.54) is 0 Å². The predicted molar refractivity (Wildman–Crippen MR) is 87.2 cm³/mol. The van der Waals surface area contributed by atoms with Crippen molar-refractivity contribution in [3.63, 3.8) is 0 Å². The molecule has 0 aliphatic carbocycles. The summed E-state index contributed by atoms with van der Waals surface area (Å²) in [4.78, 5) is 15.8. The fourth-order valence-corrected chi connectivity index (χ4v) is 2.73. The lowest BCUT2D eigenvalue weighted by molar-refractivity contribution is 0.0138. The van der Waals surface area contributed by atoms with Gasteiger partial charge in [0.25, 0.3) is 0 Å². The number of hydrogen-bond acceptors (Lipinski definition) is 3. The lowest BCUT2D eigenvalue weighted by Crippen LogP contribution is -2.49. The second kappa shape index (κ2) is 6.96. The van der Waals surface area contributed by atoms with Crippen LogP contribution in [0.5, 0.6) is 0 Å². The van der Waals surface area contributed by atoms with Gasteiger partial charge in [-0.3, -0.25) is 4.90 Å². The summed E-state index contributed by atoms with van der Waals surface area (Å²) in [7, 11) is 0. The number of hydrogen-bond donors (Lipinski definition) is 0. The monoisotopic (exact) mass is 372 g/mol. The van der Waals surface area contributed by atoms with E-state index in [9.17, 15) is 9.18 Å². The van der Waals surface area contributed by atoms with Gasteiger partial charge in [0.2, 0.25) is 0 Å². The molecule has 0 saturated carbocycles. The number of rotatable bonds is 2. The van der Waals surface area contributed by atoms with E-state index in [1.54, 1.807) is 17.0 Å². The number of benzene rings is 1. The maximum atomic E-state index is 14.0. The average molecular weight is 373 g/mol. The van der Waals surface area contributed by atoms with E-state index in [1.807, 2.05) is 26.8 Å². The maximum absolute atomic E-state index is 14.0. The van der Waals surface area contributed by atoms with Gasteiger partial charge in [0, 0.05) is 38.3 Å². The number of carbonyl (C=O) groups excluding carboxylic acids is 1. The van der Waals surface area contributed by atoms with Crippen molar-refractivity contribution in [1.82, 2.24) is 9.80 Å². The van der Waals surface area contributed by atoms with Gasteiger partial charge in [-0.25, -0.2) is 9.18 Å². The van der Waals surface area contributed by atoms with Gasteiger partial charge < -0.3 is 9.64 Å². The predicted octanol–water partition coefficient (Wildman–Crippen LogP) is 3.64. The van der Waals surface area contributed by atoms with E-state index >= 15 is 0 Å². The number of ether oxygens (including phenoxy) is 1. The molecule has 1 saturated heterocycles. The van der Waals surface area contributed by atoms with Crippen LogP contribution in [0.2, 0.25) is 0 Å². The lowest BCUT2D eigenvalue weighted by Gasteiger charge is -2.35. The maximum Gasteiger partial charge on any atom is 0.410 e. The number of piperazine rings is 1. The van der Waals surface area contributed by atoms with Crippen molar-refractivity contribution in [3.8, 4) is 0 Å². The first-order valence-corrected chi connectivity index (χ1v) is 8.19. The summed E-state index contributed by atoms with van der Waals surface area (Å²) in [5.41, 5.74) is 0.188. The molecule has 1 aliphatic rings. The van der Waals surface area contributed by atoms with Crippen LogP contribution in [0.3, 0.4) is 0 Å². The molecule has 2 rings (SSSR count). The standard InChI is InChI=1S/C16H22BrFN2O2/c1-16(2,3)22-15(21)20-9-7-19(8-10-20)11-12-5-4-6-13(17)14(12)18/h4-6H,7-11H2,1-3H3. The summed E-state index contributed by atoms with van der Waals surface area (Å²) in [5, 5.41) is 0. The first-order valence-electron chi connectivity index (χ1n) is 7.39. The molecule has 0 bridgehead atoms. The van der Waals surface area contributed by atoms with E-state index in [0.29, 0.717) is 42.8 Å². The highest BCUT2D eigenvalue weighted by molar-refractivity contribution is 9.10. The Labute approximate surface area is 139 Å². The Hall–Kier alpha value is -1.14. The molecule has 1 heterocycles. The highest BCUT2D eigenvalue weighted by Crippen LogP contribution is 2.20. The molecule has 1 fully saturated rings. The van der Waals surface area contributed by atoms with Crippen LogP contribution in [-0.4, -0.2) is 47.7 Å². The largest absolute Gasteiger partial charge is 0.444 e. The highest BCUT2D eigenvalue weighted by atomic mass is 79.9. The van der Waals surface area contributed by atoms with Gasteiger partial charge in [0.05, 0.1) is 4.47 Å². The van der Waals surface area contributed by atoms with Crippen LogP contribution in [0.1, 0.15) is 26.3 Å². The molecule has 1 aromatic carbocycles. The Morgan fingerprint density at radius 2 is 1.91 bits per heavy atom. The Kier molecular flexibility index (Phi) is 5.45. The zero-order valence-electron chi connectivity index (χ0n) is 13.2. The molecule has 4 nitrogen and oxygen atoms in total. The minimum absolute atomic E-state index is 0.211. The summed E-state index contributed by atoms with van der Waals surface area (Å²) in [6, 6.07) is 5.32. The number of carbonyl (C=O) groups is 1. The van der Waals surface area contributed by atoms with Crippen molar-refractivity contribution in [3.05, 3.63) is 34.1 Å². The molecule has 122 valence electrons. The molecule has 1 aliphatic heterocycles. The molecular weight excluding hydrogens is 351 g/mol. The molecule has 0 unspecified atom stereocenters. The molecule has 1 aromatic rings. The summed E-state index contributed by atoms with van der Waals surface area (Å²) < 4.78 is 19.8. The first kappa shape index (κ1) is 17.2. The van der Waals surface area contributed by atoms with Crippen molar-refractivity contribution < 1.29 is 13.9 Å². The van der Waals surface area contributed by atoms with Crippen LogP contribution in [0.15, 0.2) is 22.7 Å². The number of nitrogens with zero attached hydrogens (tertiary/aromatic N) is 2. The van der Waals surface area contributed by atoms with Crippen molar-refractivity contribution >= 4 is 22.0 Å². The van der Waals surface area contributed by atoms with Gasteiger partial charge in [0.15, 0.2) is 0 Å². The van der Waals surface area contributed by atoms with Gasteiger partial charge in [-0.05, 0) is 42.8 Å². The zero-order valence-corrected chi connectivity index (χ0v) is 14.8. The van der Waals surface area contributed by atoms with Gasteiger partial charge >= 0.3 is 6.09 Å². The fourth-order valence-electron chi connectivity index (χ4n) is 2.33. The minimum Gasteiger partial charge on any atom is -0.444 e. The normalized spacial score (nSPS) is 16.7. The van der Waals surface area contributed by atoms with Crippen molar-refractivity contribution in [1.29, 1.82) is 0 Å². The molecular formula is C16H22BrFN2O2. The van der Waals surface area contributed by atoms with Crippen LogP contribution < -0.4 is 0 Å². The van der Waals surface area contributed by atoms with Gasteiger partial charge in [0.1, 0.15) is 11.4 Å². The smallest absolute Gasteiger partial charge is 0.410 e. The van der Waals surface area contributed by atoms with E-state index in [2.05, 4.69) is 20.8 Å². The highest BCUT2D eigenvalue weighted by Gasteiger charge is 2.26. The summed E-state index contributed by atoms with van der Waals surface area (Å²) >= 11 is 3.20. The van der Waals surface area contributed by atoms with E-state index in [-0.39, 0.29) is 11.9 Å².